The molecule has 1 heterocycles. The Morgan fingerprint density at radius 2 is 1.65 bits per heavy atom. The Morgan fingerprint density at radius 1 is 0.941 bits per heavy atom. The van der Waals surface area contributed by atoms with E-state index >= 15 is 0 Å². The Labute approximate surface area is 106 Å². The molecule has 0 unspecified atom stereocenters. The number of benzene rings is 2. The zero-order chi connectivity index (χ0) is 11.7. The first-order valence-electron chi connectivity index (χ1n) is 5.78. The van der Waals surface area contributed by atoms with Gasteiger partial charge < -0.3 is 4.74 Å². The van der Waals surface area contributed by atoms with Gasteiger partial charge in [-0.05, 0) is 23.3 Å². The first-order chi connectivity index (χ1) is 8.33. The van der Waals surface area contributed by atoms with Crippen molar-refractivity contribution >= 4 is 11.6 Å². The van der Waals surface area contributed by atoms with Crippen molar-refractivity contribution in [1.29, 1.82) is 0 Å². The predicted molar refractivity (Wildman–Crippen MR) is 69.2 cm³/mol. The highest BCUT2D eigenvalue weighted by atomic mass is 35.5. The van der Waals surface area contributed by atoms with Gasteiger partial charge in [0, 0.05) is 11.4 Å². The zero-order valence-corrected chi connectivity index (χ0v) is 10.1. The molecule has 2 atom stereocenters. The molecule has 0 saturated carbocycles. The fraction of sp³-hybridized carbons (Fsp3) is 0.200. The molecule has 86 valence electrons. The maximum absolute atomic E-state index is 5.86. The van der Waals surface area contributed by atoms with Crippen LogP contribution in [0.25, 0.3) is 0 Å². The fourth-order valence-electron chi connectivity index (χ4n) is 2.09. The van der Waals surface area contributed by atoms with Gasteiger partial charge in [-0.15, -0.1) is 0 Å². The summed E-state index contributed by atoms with van der Waals surface area (Å²) < 4.78 is 5.70. The van der Waals surface area contributed by atoms with Crippen molar-refractivity contribution in [3.8, 4) is 0 Å². The molecular weight excluding hydrogens is 232 g/mol. The lowest BCUT2D eigenvalue weighted by Gasteiger charge is -1.98. The lowest BCUT2D eigenvalue weighted by Crippen LogP contribution is -1.94. The molecule has 1 saturated heterocycles. The average molecular weight is 245 g/mol. The van der Waals surface area contributed by atoms with Crippen molar-refractivity contribution in [1.82, 2.24) is 0 Å². The molecular formula is C15H13ClO. The molecule has 0 aliphatic carbocycles. The number of halogens is 1. The van der Waals surface area contributed by atoms with E-state index in [0.717, 1.165) is 11.4 Å². The first-order valence-corrected chi connectivity index (χ1v) is 6.15. The predicted octanol–water partition coefficient (Wildman–Crippen LogP) is 4.02. The highest BCUT2D eigenvalue weighted by Gasteiger charge is 2.39. The lowest BCUT2D eigenvalue weighted by atomic mass is 10.0. The van der Waals surface area contributed by atoms with Crippen LogP contribution < -0.4 is 0 Å². The van der Waals surface area contributed by atoms with Gasteiger partial charge >= 0.3 is 0 Å². The number of hydrogen-bond donors (Lipinski definition) is 0. The second kappa shape index (κ2) is 4.52. The number of ether oxygens (including phenoxy) is 1. The standard InChI is InChI=1S/C15H13ClO/c16-13-8-6-11(7-9-13)10-14-15(17-14)12-4-2-1-3-5-12/h1-9,14-15H,10H2/t14-,15-/m1/s1. The third kappa shape index (κ3) is 2.51. The summed E-state index contributed by atoms with van der Waals surface area (Å²) in [6.45, 7) is 0. The minimum absolute atomic E-state index is 0.270. The molecule has 0 spiro atoms. The second-order valence-corrected chi connectivity index (χ2v) is 4.77. The van der Waals surface area contributed by atoms with Crippen LogP contribution in [0, 0.1) is 0 Å². The van der Waals surface area contributed by atoms with Crippen LogP contribution in [0.3, 0.4) is 0 Å². The van der Waals surface area contributed by atoms with Crippen LogP contribution in [0.4, 0.5) is 0 Å². The van der Waals surface area contributed by atoms with Crippen molar-refractivity contribution in [2.45, 2.75) is 18.6 Å². The van der Waals surface area contributed by atoms with E-state index in [1.165, 1.54) is 11.1 Å². The first kappa shape index (κ1) is 10.8. The van der Waals surface area contributed by atoms with Crippen LogP contribution in [-0.4, -0.2) is 6.10 Å². The number of rotatable bonds is 3. The number of epoxide rings is 1. The van der Waals surface area contributed by atoms with E-state index in [1.54, 1.807) is 0 Å². The molecule has 1 aliphatic heterocycles. The minimum atomic E-state index is 0.270. The monoisotopic (exact) mass is 244 g/mol. The molecule has 0 aromatic heterocycles. The topological polar surface area (TPSA) is 12.5 Å². The van der Waals surface area contributed by atoms with Gasteiger partial charge in [-0.25, -0.2) is 0 Å². The van der Waals surface area contributed by atoms with Gasteiger partial charge in [0.2, 0.25) is 0 Å². The molecule has 0 amide bonds. The largest absolute Gasteiger partial charge is 0.364 e. The smallest absolute Gasteiger partial charge is 0.109 e. The summed E-state index contributed by atoms with van der Waals surface area (Å²) in [6.07, 6.45) is 1.54. The van der Waals surface area contributed by atoms with Crippen LogP contribution >= 0.6 is 11.6 Å². The van der Waals surface area contributed by atoms with Crippen molar-refractivity contribution in [3.05, 3.63) is 70.7 Å². The van der Waals surface area contributed by atoms with E-state index in [0.29, 0.717) is 6.10 Å². The molecule has 17 heavy (non-hydrogen) atoms. The molecule has 3 rings (SSSR count). The maximum atomic E-state index is 5.86. The molecule has 0 radical (unpaired) electrons. The van der Waals surface area contributed by atoms with E-state index in [-0.39, 0.29) is 6.10 Å². The average Bonchev–Trinajstić information content (AvgIpc) is 3.13. The maximum Gasteiger partial charge on any atom is 0.109 e. The molecule has 1 nitrogen and oxygen atoms in total. The van der Waals surface area contributed by atoms with Gasteiger partial charge in [0.1, 0.15) is 6.10 Å². The van der Waals surface area contributed by atoms with Crippen LogP contribution in [0.5, 0.6) is 0 Å². The van der Waals surface area contributed by atoms with E-state index in [9.17, 15) is 0 Å². The summed E-state index contributed by atoms with van der Waals surface area (Å²) >= 11 is 5.86. The normalized spacial score (nSPS) is 22.4. The molecule has 2 aromatic rings. The van der Waals surface area contributed by atoms with E-state index in [2.05, 4.69) is 36.4 Å². The van der Waals surface area contributed by atoms with Crippen LogP contribution in [0.1, 0.15) is 17.2 Å². The summed E-state index contributed by atoms with van der Waals surface area (Å²) in [5.41, 5.74) is 2.55. The highest BCUT2D eigenvalue weighted by Crippen LogP contribution is 2.40. The molecule has 1 aliphatic rings. The minimum Gasteiger partial charge on any atom is -0.364 e. The molecule has 2 aromatic carbocycles. The van der Waals surface area contributed by atoms with Crippen LogP contribution in [0.2, 0.25) is 5.02 Å². The summed E-state index contributed by atoms with van der Waals surface area (Å²) in [4.78, 5) is 0. The van der Waals surface area contributed by atoms with Gasteiger partial charge in [0.05, 0.1) is 6.10 Å². The van der Waals surface area contributed by atoms with Crippen molar-refractivity contribution in [2.75, 3.05) is 0 Å². The zero-order valence-electron chi connectivity index (χ0n) is 9.34. The summed E-state index contributed by atoms with van der Waals surface area (Å²) in [7, 11) is 0. The SMILES string of the molecule is Clc1ccc(C[C@H]2O[C@@H]2c2ccccc2)cc1. The molecule has 0 bridgehead atoms. The van der Waals surface area contributed by atoms with Gasteiger partial charge in [-0.3, -0.25) is 0 Å². The van der Waals surface area contributed by atoms with E-state index in [1.807, 2.05) is 18.2 Å². The van der Waals surface area contributed by atoms with Crippen LogP contribution in [-0.2, 0) is 11.2 Å². The van der Waals surface area contributed by atoms with Crippen LogP contribution in [0.15, 0.2) is 54.6 Å². The molecule has 1 fully saturated rings. The van der Waals surface area contributed by atoms with Crippen molar-refractivity contribution < 1.29 is 4.74 Å². The van der Waals surface area contributed by atoms with E-state index in [4.69, 9.17) is 16.3 Å². The summed E-state index contributed by atoms with van der Waals surface area (Å²) in [5.74, 6) is 0. The van der Waals surface area contributed by atoms with Gasteiger partial charge in [-0.2, -0.15) is 0 Å². The lowest BCUT2D eigenvalue weighted by molar-refractivity contribution is 0.373. The van der Waals surface area contributed by atoms with E-state index < -0.39 is 0 Å². The third-order valence-corrected chi connectivity index (χ3v) is 3.31. The van der Waals surface area contributed by atoms with Crippen molar-refractivity contribution in [2.24, 2.45) is 0 Å². The highest BCUT2D eigenvalue weighted by molar-refractivity contribution is 6.30. The van der Waals surface area contributed by atoms with Gasteiger partial charge in [0.25, 0.3) is 0 Å². The molecule has 0 N–H and O–H groups in total. The Bertz CT molecular complexity index is 492. The Hall–Kier alpha value is -1.31. The number of hydrogen-bond acceptors (Lipinski definition) is 1. The van der Waals surface area contributed by atoms with Gasteiger partial charge in [0.15, 0.2) is 0 Å². The summed E-state index contributed by atoms with van der Waals surface area (Å²) in [6, 6.07) is 18.3. The fourth-order valence-corrected chi connectivity index (χ4v) is 2.21. The Morgan fingerprint density at radius 3 is 2.35 bits per heavy atom. The third-order valence-electron chi connectivity index (χ3n) is 3.06. The van der Waals surface area contributed by atoms with Gasteiger partial charge in [-0.1, -0.05) is 54.1 Å². The second-order valence-electron chi connectivity index (χ2n) is 4.34. The molecule has 2 heteroatoms. The quantitative estimate of drug-likeness (QED) is 0.743. The van der Waals surface area contributed by atoms with Crippen molar-refractivity contribution in [3.63, 3.8) is 0 Å². The summed E-state index contributed by atoms with van der Waals surface area (Å²) in [5, 5.41) is 0.782. The Kier molecular flexibility index (Phi) is 2.87. The Balaban J connectivity index is 1.64.